The standard InChI is InChI=1S/C13H12ClN3O4/c14-10-2-1-8(18)4-9(10)12(19)17-11(13(20)21)3-7-5-15-6-16-7/h1-2,4-6,11,18H,3H2,(H,15,16)(H,17,19)(H,20,21)/t11-/m0/s1. The zero-order chi connectivity index (χ0) is 15.4. The van der Waals surface area contributed by atoms with Gasteiger partial charge < -0.3 is 20.5 Å². The average molecular weight is 310 g/mol. The van der Waals surface area contributed by atoms with Crippen LogP contribution in [0.5, 0.6) is 5.75 Å². The number of aromatic nitrogens is 2. The van der Waals surface area contributed by atoms with Crippen molar-refractivity contribution in [2.75, 3.05) is 0 Å². The van der Waals surface area contributed by atoms with Crippen LogP contribution in [0.25, 0.3) is 0 Å². The molecule has 0 aliphatic rings. The maximum atomic E-state index is 12.1. The van der Waals surface area contributed by atoms with E-state index in [1.54, 1.807) is 0 Å². The summed E-state index contributed by atoms with van der Waals surface area (Å²) in [4.78, 5) is 29.8. The third-order valence-corrected chi connectivity index (χ3v) is 3.11. The smallest absolute Gasteiger partial charge is 0.326 e. The number of hydrogen-bond donors (Lipinski definition) is 4. The van der Waals surface area contributed by atoms with Crippen molar-refractivity contribution in [1.82, 2.24) is 15.3 Å². The highest BCUT2D eigenvalue weighted by Gasteiger charge is 2.23. The Hall–Kier alpha value is -2.54. The number of nitrogens with zero attached hydrogens (tertiary/aromatic N) is 1. The number of carbonyl (C=O) groups is 2. The van der Waals surface area contributed by atoms with Gasteiger partial charge in [-0.2, -0.15) is 0 Å². The molecule has 21 heavy (non-hydrogen) atoms. The van der Waals surface area contributed by atoms with Gasteiger partial charge in [-0.3, -0.25) is 4.79 Å². The molecular weight excluding hydrogens is 298 g/mol. The van der Waals surface area contributed by atoms with E-state index in [-0.39, 0.29) is 22.8 Å². The van der Waals surface area contributed by atoms with Gasteiger partial charge in [-0.25, -0.2) is 9.78 Å². The van der Waals surface area contributed by atoms with Crippen molar-refractivity contribution in [2.24, 2.45) is 0 Å². The number of benzene rings is 1. The second-order valence-electron chi connectivity index (χ2n) is 4.31. The highest BCUT2D eigenvalue weighted by molar-refractivity contribution is 6.33. The average Bonchev–Trinajstić information content (AvgIpc) is 2.93. The Bertz CT molecular complexity index is 657. The van der Waals surface area contributed by atoms with E-state index in [2.05, 4.69) is 15.3 Å². The summed E-state index contributed by atoms with van der Waals surface area (Å²) in [5.41, 5.74) is 0.581. The third kappa shape index (κ3) is 3.73. The lowest BCUT2D eigenvalue weighted by molar-refractivity contribution is -0.139. The number of phenolic OH excluding ortho intramolecular Hbond substituents is 1. The first-order valence-electron chi connectivity index (χ1n) is 5.97. The number of halogens is 1. The van der Waals surface area contributed by atoms with E-state index in [1.807, 2.05) is 0 Å². The van der Waals surface area contributed by atoms with Crippen molar-refractivity contribution >= 4 is 23.5 Å². The summed E-state index contributed by atoms with van der Waals surface area (Å²) in [5, 5.41) is 21.0. The second-order valence-corrected chi connectivity index (χ2v) is 4.72. The molecule has 1 atom stereocenters. The maximum Gasteiger partial charge on any atom is 0.326 e. The second kappa shape index (κ2) is 6.27. The van der Waals surface area contributed by atoms with Crippen LogP contribution in [-0.2, 0) is 11.2 Å². The largest absolute Gasteiger partial charge is 0.508 e. The number of aromatic hydroxyl groups is 1. The Morgan fingerprint density at radius 3 is 2.81 bits per heavy atom. The molecule has 0 aliphatic heterocycles. The van der Waals surface area contributed by atoms with Crippen LogP contribution in [0.3, 0.4) is 0 Å². The van der Waals surface area contributed by atoms with Gasteiger partial charge in [0.15, 0.2) is 0 Å². The molecule has 0 aliphatic carbocycles. The Kier molecular flexibility index (Phi) is 4.44. The van der Waals surface area contributed by atoms with E-state index in [0.717, 1.165) is 0 Å². The monoisotopic (exact) mass is 309 g/mol. The van der Waals surface area contributed by atoms with E-state index in [1.165, 1.54) is 30.7 Å². The number of H-pyrrole nitrogens is 1. The number of carboxylic acid groups (broad SMARTS) is 1. The molecule has 4 N–H and O–H groups in total. The van der Waals surface area contributed by atoms with Gasteiger partial charge in [0.1, 0.15) is 11.8 Å². The van der Waals surface area contributed by atoms with Gasteiger partial charge in [0.2, 0.25) is 0 Å². The minimum Gasteiger partial charge on any atom is -0.508 e. The van der Waals surface area contributed by atoms with Crippen molar-refractivity contribution in [3.63, 3.8) is 0 Å². The predicted octanol–water partition coefficient (Wildman–Crippen LogP) is 1.19. The fourth-order valence-corrected chi connectivity index (χ4v) is 1.94. The van der Waals surface area contributed by atoms with Gasteiger partial charge >= 0.3 is 5.97 Å². The molecule has 1 aromatic carbocycles. The summed E-state index contributed by atoms with van der Waals surface area (Å²) in [6, 6.07) is 2.72. The first kappa shape index (κ1) is 14.9. The van der Waals surface area contributed by atoms with Crippen molar-refractivity contribution in [2.45, 2.75) is 12.5 Å². The van der Waals surface area contributed by atoms with E-state index < -0.39 is 17.9 Å². The van der Waals surface area contributed by atoms with Gasteiger partial charge in [-0.05, 0) is 18.2 Å². The van der Waals surface area contributed by atoms with Crippen LogP contribution in [-0.4, -0.2) is 38.1 Å². The highest BCUT2D eigenvalue weighted by atomic mass is 35.5. The van der Waals surface area contributed by atoms with Crippen LogP contribution in [0.15, 0.2) is 30.7 Å². The number of imidazole rings is 1. The first-order chi connectivity index (χ1) is 9.97. The number of amides is 1. The summed E-state index contributed by atoms with van der Waals surface area (Å²) < 4.78 is 0. The van der Waals surface area contributed by atoms with Crippen LogP contribution in [0.1, 0.15) is 16.1 Å². The lowest BCUT2D eigenvalue weighted by Crippen LogP contribution is -2.42. The number of phenols is 1. The molecule has 2 aromatic rings. The number of hydrogen-bond acceptors (Lipinski definition) is 4. The molecule has 1 heterocycles. The maximum absolute atomic E-state index is 12.1. The fourth-order valence-electron chi connectivity index (χ4n) is 1.74. The Morgan fingerprint density at radius 2 is 2.19 bits per heavy atom. The minimum atomic E-state index is -1.19. The van der Waals surface area contributed by atoms with Crippen LogP contribution in [0, 0.1) is 0 Å². The quantitative estimate of drug-likeness (QED) is 0.662. The molecule has 1 aromatic heterocycles. The molecule has 7 nitrogen and oxygen atoms in total. The number of aliphatic carboxylic acids is 1. The van der Waals surface area contributed by atoms with E-state index >= 15 is 0 Å². The molecule has 0 saturated heterocycles. The predicted molar refractivity (Wildman–Crippen MR) is 74.3 cm³/mol. The number of carboxylic acids is 1. The van der Waals surface area contributed by atoms with Crippen molar-refractivity contribution in [3.05, 3.63) is 47.0 Å². The van der Waals surface area contributed by atoms with Crippen LogP contribution >= 0.6 is 11.6 Å². The third-order valence-electron chi connectivity index (χ3n) is 2.78. The highest BCUT2D eigenvalue weighted by Crippen LogP contribution is 2.21. The molecule has 0 bridgehead atoms. The molecule has 1 amide bonds. The first-order valence-corrected chi connectivity index (χ1v) is 6.34. The minimum absolute atomic E-state index is 0.00697. The van der Waals surface area contributed by atoms with Crippen LogP contribution in [0.2, 0.25) is 5.02 Å². The molecule has 110 valence electrons. The molecule has 0 fully saturated rings. The zero-order valence-electron chi connectivity index (χ0n) is 10.7. The van der Waals surface area contributed by atoms with Gasteiger partial charge in [-0.15, -0.1) is 0 Å². The van der Waals surface area contributed by atoms with Gasteiger partial charge in [-0.1, -0.05) is 11.6 Å². The Balaban J connectivity index is 2.14. The molecule has 0 unspecified atom stereocenters. The Morgan fingerprint density at radius 1 is 1.43 bits per heavy atom. The topological polar surface area (TPSA) is 115 Å². The zero-order valence-corrected chi connectivity index (χ0v) is 11.5. The fraction of sp³-hybridized carbons (Fsp3) is 0.154. The lowest BCUT2D eigenvalue weighted by atomic mass is 10.1. The van der Waals surface area contributed by atoms with Crippen LogP contribution in [0.4, 0.5) is 0 Å². The van der Waals surface area contributed by atoms with Crippen LogP contribution < -0.4 is 5.32 Å². The summed E-state index contributed by atoms with van der Waals surface area (Å²) in [6.45, 7) is 0. The number of nitrogens with one attached hydrogen (secondary N) is 2. The Labute approximate surface area is 124 Å². The van der Waals surface area contributed by atoms with E-state index in [9.17, 15) is 14.7 Å². The molecule has 8 heteroatoms. The summed E-state index contributed by atoms with van der Waals surface area (Å²) in [6.07, 6.45) is 2.95. The van der Waals surface area contributed by atoms with Crippen molar-refractivity contribution in [1.29, 1.82) is 0 Å². The number of carbonyl (C=O) groups excluding carboxylic acids is 1. The molecule has 0 saturated carbocycles. The normalized spacial score (nSPS) is 11.9. The van der Waals surface area contributed by atoms with E-state index in [4.69, 9.17) is 16.7 Å². The van der Waals surface area contributed by atoms with Crippen molar-refractivity contribution < 1.29 is 19.8 Å². The number of aromatic amines is 1. The summed E-state index contributed by atoms with van der Waals surface area (Å²) in [7, 11) is 0. The molecule has 0 spiro atoms. The summed E-state index contributed by atoms with van der Waals surface area (Å²) >= 11 is 5.86. The van der Waals surface area contributed by atoms with Gasteiger partial charge in [0, 0.05) is 18.3 Å². The van der Waals surface area contributed by atoms with Crippen molar-refractivity contribution in [3.8, 4) is 5.75 Å². The van der Waals surface area contributed by atoms with Gasteiger partial charge in [0.25, 0.3) is 5.91 Å². The molecular formula is C13H12ClN3O4. The SMILES string of the molecule is O=C(N[C@@H](Cc1cnc[nH]1)C(=O)O)c1cc(O)ccc1Cl. The number of rotatable bonds is 5. The van der Waals surface area contributed by atoms with Gasteiger partial charge in [0.05, 0.1) is 16.9 Å². The molecule has 2 rings (SSSR count). The lowest BCUT2D eigenvalue weighted by Gasteiger charge is -2.14. The summed E-state index contributed by atoms with van der Waals surface area (Å²) in [5.74, 6) is -2.00. The molecule has 0 radical (unpaired) electrons. The van der Waals surface area contributed by atoms with E-state index in [0.29, 0.717) is 5.69 Å².